The maximum absolute atomic E-state index is 12.8. The van der Waals surface area contributed by atoms with Crippen LogP contribution in [0, 0.1) is 6.92 Å². The summed E-state index contributed by atoms with van der Waals surface area (Å²) in [4.78, 5) is 28.8. The van der Waals surface area contributed by atoms with Crippen molar-refractivity contribution in [2.24, 2.45) is 0 Å². The predicted molar refractivity (Wildman–Crippen MR) is 139 cm³/mol. The van der Waals surface area contributed by atoms with Gasteiger partial charge in [0.25, 0.3) is 5.91 Å². The second kappa shape index (κ2) is 11.1. The Morgan fingerprint density at radius 2 is 1.65 bits per heavy atom. The second-order valence-electron chi connectivity index (χ2n) is 7.97. The average molecular weight is 477 g/mol. The normalized spacial score (nSPS) is 13.3. The van der Waals surface area contributed by atoms with Crippen molar-refractivity contribution < 1.29 is 14.3 Å². The molecular weight excluding hydrogens is 448 g/mol. The van der Waals surface area contributed by atoms with Crippen LogP contribution in [0.5, 0.6) is 0 Å². The first-order valence-corrected chi connectivity index (χ1v) is 12.3. The lowest BCUT2D eigenvalue weighted by molar-refractivity contribution is 0.102. The van der Waals surface area contributed by atoms with Gasteiger partial charge < -0.3 is 25.6 Å². The highest BCUT2D eigenvalue weighted by Gasteiger charge is 2.18. The summed E-state index contributed by atoms with van der Waals surface area (Å²) in [5, 5.41) is 8.80. The fourth-order valence-corrected chi connectivity index (χ4v) is 4.23. The number of nitrogens with zero attached hydrogens (tertiary/aromatic N) is 1. The van der Waals surface area contributed by atoms with Crippen molar-refractivity contribution in [3.05, 3.63) is 77.9 Å². The van der Waals surface area contributed by atoms with Gasteiger partial charge in [-0.15, -0.1) is 11.8 Å². The molecule has 1 aliphatic rings. The number of benzene rings is 3. The molecule has 7 nitrogen and oxygen atoms in total. The molecule has 0 aromatic heterocycles. The van der Waals surface area contributed by atoms with Crippen molar-refractivity contribution in [3.63, 3.8) is 0 Å². The Hall–Kier alpha value is -3.49. The van der Waals surface area contributed by atoms with E-state index in [1.807, 2.05) is 67.8 Å². The molecule has 0 radical (unpaired) electrons. The van der Waals surface area contributed by atoms with Gasteiger partial charge in [0.1, 0.15) is 0 Å². The summed E-state index contributed by atoms with van der Waals surface area (Å²) in [6.07, 6.45) is 1.99. The first-order valence-electron chi connectivity index (χ1n) is 11.1. The third-order valence-electron chi connectivity index (χ3n) is 5.46. The molecule has 0 atom stereocenters. The summed E-state index contributed by atoms with van der Waals surface area (Å²) in [7, 11) is 0. The second-order valence-corrected chi connectivity index (χ2v) is 8.85. The monoisotopic (exact) mass is 476 g/mol. The van der Waals surface area contributed by atoms with Crippen LogP contribution in [0.1, 0.15) is 15.9 Å². The molecule has 0 bridgehead atoms. The molecule has 0 saturated carbocycles. The van der Waals surface area contributed by atoms with Gasteiger partial charge in [-0.25, -0.2) is 4.79 Å². The van der Waals surface area contributed by atoms with Crippen LogP contribution >= 0.6 is 11.8 Å². The van der Waals surface area contributed by atoms with E-state index in [2.05, 4.69) is 20.9 Å². The molecule has 0 spiro atoms. The SMILES string of the molecule is CSc1cccc(NC(=O)Nc2cc(NC(=O)c3cccc(C)c3)ccc2N2CCOCC2)c1. The molecule has 4 rings (SSSR count). The minimum atomic E-state index is -0.352. The van der Waals surface area contributed by atoms with E-state index in [1.165, 1.54) is 0 Å². The minimum absolute atomic E-state index is 0.202. The number of carbonyl (C=O) groups is 2. The third-order valence-corrected chi connectivity index (χ3v) is 6.19. The zero-order valence-electron chi connectivity index (χ0n) is 19.3. The fourth-order valence-electron chi connectivity index (χ4n) is 3.77. The number of amides is 3. The van der Waals surface area contributed by atoms with Gasteiger partial charge in [0.05, 0.1) is 24.6 Å². The number of hydrogen-bond acceptors (Lipinski definition) is 5. The molecule has 0 unspecified atom stereocenters. The maximum Gasteiger partial charge on any atom is 0.323 e. The average Bonchev–Trinajstić information content (AvgIpc) is 2.85. The summed E-state index contributed by atoms with van der Waals surface area (Å²) in [6, 6.07) is 20.3. The number of morpholine rings is 1. The maximum atomic E-state index is 12.8. The lowest BCUT2D eigenvalue weighted by atomic mass is 10.1. The molecule has 176 valence electrons. The zero-order valence-corrected chi connectivity index (χ0v) is 20.1. The molecule has 8 heteroatoms. The van der Waals surface area contributed by atoms with Crippen LogP contribution in [-0.4, -0.2) is 44.5 Å². The van der Waals surface area contributed by atoms with Gasteiger partial charge in [-0.05, 0) is 61.7 Å². The topological polar surface area (TPSA) is 82.7 Å². The largest absolute Gasteiger partial charge is 0.378 e. The number of rotatable bonds is 6. The van der Waals surface area contributed by atoms with Crippen LogP contribution in [0.2, 0.25) is 0 Å². The van der Waals surface area contributed by atoms with Gasteiger partial charge in [-0.1, -0.05) is 23.8 Å². The molecule has 3 aromatic rings. The lowest BCUT2D eigenvalue weighted by Gasteiger charge is -2.30. The quantitative estimate of drug-likeness (QED) is 0.412. The molecule has 3 aromatic carbocycles. The first-order chi connectivity index (χ1) is 16.5. The van der Waals surface area contributed by atoms with E-state index in [0.717, 1.165) is 29.2 Å². The van der Waals surface area contributed by atoms with E-state index in [9.17, 15) is 9.59 Å². The number of anilines is 4. The Morgan fingerprint density at radius 3 is 2.41 bits per heavy atom. The molecule has 34 heavy (non-hydrogen) atoms. The van der Waals surface area contributed by atoms with Crippen LogP contribution in [0.3, 0.4) is 0 Å². The van der Waals surface area contributed by atoms with Gasteiger partial charge in [0.2, 0.25) is 0 Å². The predicted octanol–water partition coefficient (Wildman–Crippen LogP) is 5.45. The van der Waals surface area contributed by atoms with Crippen molar-refractivity contribution >= 4 is 46.4 Å². The Bertz CT molecular complexity index is 1180. The highest BCUT2D eigenvalue weighted by atomic mass is 32.2. The lowest BCUT2D eigenvalue weighted by Crippen LogP contribution is -2.37. The Morgan fingerprint density at radius 1 is 0.882 bits per heavy atom. The summed E-state index contributed by atoms with van der Waals surface area (Å²) >= 11 is 1.61. The van der Waals surface area contributed by atoms with Gasteiger partial charge >= 0.3 is 6.03 Å². The van der Waals surface area contributed by atoms with Crippen LogP contribution in [0.15, 0.2) is 71.6 Å². The van der Waals surface area contributed by atoms with E-state index in [-0.39, 0.29) is 11.9 Å². The Kier molecular flexibility index (Phi) is 7.72. The zero-order chi connectivity index (χ0) is 23.9. The van der Waals surface area contributed by atoms with Crippen LogP contribution < -0.4 is 20.9 Å². The van der Waals surface area contributed by atoms with Gasteiger partial charge in [0.15, 0.2) is 0 Å². The number of urea groups is 1. The summed E-state index contributed by atoms with van der Waals surface area (Å²) in [5.41, 5.74) is 4.40. The smallest absolute Gasteiger partial charge is 0.323 e. The summed E-state index contributed by atoms with van der Waals surface area (Å²) < 4.78 is 5.48. The Labute approximate surface area is 203 Å². The van der Waals surface area contributed by atoms with E-state index in [1.54, 1.807) is 23.9 Å². The number of ether oxygens (including phenoxy) is 1. The fraction of sp³-hybridized carbons (Fsp3) is 0.231. The van der Waals surface area contributed by atoms with E-state index >= 15 is 0 Å². The van der Waals surface area contributed by atoms with Crippen molar-refractivity contribution in [1.29, 1.82) is 0 Å². The van der Waals surface area contributed by atoms with Crippen LogP contribution in [0.25, 0.3) is 0 Å². The molecule has 0 aliphatic carbocycles. The number of thioether (sulfide) groups is 1. The number of hydrogen-bond donors (Lipinski definition) is 3. The minimum Gasteiger partial charge on any atom is -0.378 e. The van der Waals surface area contributed by atoms with Gasteiger partial charge in [-0.3, -0.25) is 4.79 Å². The molecule has 1 fully saturated rings. The molecule has 1 aliphatic heterocycles. The van der Waals surface area contributed by atoms with E-state index in [0.29, 0.717) is 35.8 Å². The van der Waals surface area contributed by atoms with Gasteiger partial charge in [-0.2, -0.15) is 0 Å². The van der Waals surface area contributed by atoms with Crippen molar-refractivity contribution in [3.8, 4) is 0 Å². The first kappa shape index (κ1) is 23.7. The van der Waals surface area contributed by atoms with Crippen molar-refractivity contribution in [2.75, 3.05) is 53.4 Å². The third kappa shape index (κ3) is 6.09. The van der Waals surface area contributed by atoms with E-state index < -0.39 is 0 Å². The van der Waals surface area contributed by atoms with Crippen LogP contribution in [0.4, 0.5) is 27.5 Å². The molecule has 3 N–H and O–H groups in total. The summed E-state index contributed by atoms with van der Waals surface area (Å²) in [6.45, 7) is 4.64. The number of carbonyl (C=O) groups excluding carboxylic acids is 2. The molecule has 3 amide bonds. The Balaban J connectivity index is 1.55. The number of nitrogens with one attached hydrogen (secondary N) is 3. The molecule has 1 heterocycles. The van der Waals surface area contributed by atoms with Crippen LogP contribution in [-0.2, 0) is 4.74 Å². The van der Waals surface area contributed by atoms with Crippen molar-refractivity contribution in [1.82, 2.24) is 0 Å². The number of aryl methyl sites for hydroxylation is 1. The van der Waals surface area contributed by atoms with Gasteiger partial charge in [0, 0.05) is 34.9 Å². The highest BCUT2D eigenvalue weighted by molar-refractivity contribution is 7.98. The van der Waals surface area contributed by atoms with Crippen molar-refractivity contribution in [2.45, 2.75) is 11.8 Å². The standard InChI is InChI=1S/C26H28N4O3S/c1-18-5-3-6-19(15-18)25(31)27-21-9-10-24(30-11-13-33-14-12-30)23(17-21)29-26(32)28-20-7-4-8-22(16-20)34-2/h3-10,15-17H,11-14H2,1-2H3,(H,27,31)(H2,28,29,32). The molecular formula is C26H28N4O3S. The highest BCUT2D eigenvalue weighted by Crippen LogP contribution is 2.31. The summed E-state index contributed by atoms with van der Waals surface area (Å²) in [5.74, 6) is -0.202. The molecule has 1 saturated heterocycles. The van der Waals surface area contributed by atoms with E-state index in [4.69, 9.17) is 4.74 Å².